The maximum atomic E-state index is 13.1. The van der Waals surface area contributed by atoms with Crippen LogP contribution in [0.15, 0.2) is 49.3 Å². The molecule has 0 N–H and O–H groups in total. The van der Waals surface area contributed by atoms with Crippen molar-refractivity contribution in [1.82, 2.24) is 29.2 Å². The molecule has 3 aromatic rings. The molecule has 1 aliphatic rings. The average Bonchev–Trinajstić information content (AvgIpc) is 3.38. The van der Waals surface area contributed by atoms with Crippen LogP contribution < -0.4 is 0 Å². The van der Waals surface area contributed by atoms with E-state index in [1.54, 1.807) is 12.7 Å². The number of amides is 1. The number of hydrogen-bond donors (Lipinski definition) is 0. The van der Waals surface area contributed by atoms with Gasteiger partial charge in [-0.3, -0.25) is 9.36 Å². The van der Waals surface area contributed by atoms with Crippen LogP contribution in [-0.2, 0) is 6.54 Å². The van der Waals surface area contributed by atoms with E-state index in [1.165, 1.54) is 6.42 Å². The van der Waals surface area contributed by atoms with Crippen molar-refractivity contribution in [2.45, 2.75) is 45.2 Å². The van der Waals surface area contributed by atoms with Gasteiger partial charge < -0.3 is 9.47 Å². The molecule has 1 saturated heterocycles. The standard InChI is InChI=1S/C20H24N6O/c1-16-21-10-13-24(16)12-9-19-4-2-3-11-26(19)20(27)17-5-7-18(8-6-17)25-14-22-23-15-25/h5-8,10,13-15,19H,2-4,9,11-12H2,1H3/t19-/m0/s1. The van der Waals surface area contributed by atoms with E-state index in [1.807, 2.05) is 48.1 Å². The van der Waals surface area contributed by atoms with Crippen molar-refractivity contribution < 1.29 is 4.79 Å². The lowest BCUT2D eigenvalue weighted by molar-refractivity contribution is 0.0595. The lowest BCUT2D eigenvalue weighted by Gasteiger charge is -2.36. The minimum atomic E-state index is 0.123. The van der Waals surface area contributed by atoms with Gasteiger partial charge in [-0.2, -0.15) is 0 Å². The van der Waals surface area contributed by atoms with Crippen LogP contribution in [0.2, 0.25) is 0 Å². The van der Waals surface area contributed by atoms with Crippen molar-refractivity contribution in [3.63, 3.8) is 0 Å². The van der Waals surface area contributed by atoms with Crippen molar-refractivity contribution >= 4 is 5.91 Å². The van der Waals surface area contributed by atoms with E-state index in [0.29, 0.717) is 0 Å². The van der Waals surface area contributed by atoms with Gasteiger partial charge in [0.1, 0.15) is 18.5 Å². The molecule has 7 nitrogen and oxygen atoms in total. The first-order valence-electron chi connectivity index (χ1n) is 9.46. The highest BCUT2D eigenvalue weighted by Crippen LogP contribution is 2.23. The summed E-state index contributed by atoms with van der Waals surface area (Å²) in [5, 5.41) is 7.64. The Kier molecular flexibility index (Phi) is 5.00. The Morgan fingerprint density at radius 1 is 1.15 bits per heavy atom. The molecule has 0 unspecified atom stereocenters. The zero-order chi connectivity index (χ0) is 18.6. The molecule has 140 valence electrons. The Labute approximate surface area is 158 Å². The second-order valence-electron chi connectivity index (χ2n) is 7.02. The molecule has 1 fully saturated rings. The van der Waals surface area contributed by atoms with Crippen molar-refractivity contribution in [3.05, 3.63) is 60.7 Å². The van der Waals surface area contributed by atoms with Gasteiger partial charge in [-0.05, 0) is 56.9 Å². The van der Waals surface area contributed by atoms with Crippen LogP contribution >= 0.6 is 0 Å². The van der Waals surface area contributed by atoms with Gasteiger partial charge in [0.05, 0.1) is 0 Å². The topological polar surface area (TPSA) is 68.8 Å². The number of aryl methyl sites for hydroxylation is 2. The Bertz CT molecular complexity index is 884. The van der Waals surface area contributed by atoms with Crippen molar-refractivity contribution in [2.24, 2.45) is 0 Å². The summed E-state index contributed by atoms with van der Waals surface area (Å²) < 4.78 is 3.98. The minimum Gasteiger partial charge on any atom is -0.336 e. The fourth-order valence-electron chi connectivity index (χ4n) is 3.77. The van der Waals surface area contributed by atoms with Gasteiger partial charge >= 0.3 is 0 Å². The normalized spacial score (nSPS) is 17.2. The Balaban J connectivity index is 1.46. The second kappa shape index (κ2) is 7.73. The van der Waals surface area contributed by atoms with Crippen molar-refractivity contribution in [1.29, 1.82) is 0 Å². The van der Waals surface area contributed by atoms with Crippen LogP contribution in [-0.4, -0.2) is 47.7 Å². The fourth-order valence-corrected chi connectivity index (χ4v) is 3.77. The number of likely N-dealkylation sites (tertiary alicyclic amines) is 1. The molecular weight excluding hydrogens is 340 g/mol. The zero-order valence-corrected chi connectivity index (χ0v) is 15.5. The minimum absolute atomic E-state index is 0.123. The molecule has 0 spiro atoms. The molecule has 0 saturated carbocycles. The summed E-state index contributed by atoms with van der Waals surface area (Å²) in [6.07, 6.45) is 11.4. The molecule has 27 heavy (non-hydrogen) atoms. The molecule has 1 atom stereocenters. The number of rotatable bonds is 5. The number of hydrogen-bond acceptors (Lipinski definition) is 4. The van der Waals surface area contributed by atoms with Gasteiger partial charge in [0, 0.05) is 42.8 Å². The number of carbonyl (C=O) groups excluding carboxylic acids is 1. The largest absolute Gasteiger partial charge is 0.336 e. The van der Waals surface area contributed by atoms with E-state index in [9.17, 15) is 4.79 Å². The zero-order valence-electron chi connectivity index (χ0n) is 15.5. The van der Waals surface area contributed by atoms with Crippen LogP contribution in [0, 0.1) is 6.92 Å². The Morgan fingerprint density at radius 2 is 1.93 bits per heavy atom. The Morgan fingerprint density at radius 3 is 2.63 bits per heavy atom. The van der Waals surface area contributed by atoms with Gasteiger partial charge in [-0.1, -0.05) is 0 Å². The summed E-state index contributed by atoms with van der Waals surface area (Å²) in [5.74, 6) is 1.14. The first kappa shape index (κ1) is 17.5. The molecule has 0 aliphatic carbocycles. The van der Waals surface area contributed by atoms with E-state index >= 15 is 0 Å². The van der Waals surface area contributed by atoms with E-state index in [0.717, 1.165) is 49.4 Å². The fraction of sp³-hybridized carbons (Fsp3) is 0.400. The first-order chi connectivity index (χ1) is 13.2. The molecule has 1 aliphatic heterocycles. The lowest BCUT2D eigenvalue weighted by Crippen LogP contribution is -2.44. The molecule has 0 radical (unpaired) electrons. The highest BCUT2D eigenvalue weighted by Gasteiger charge is 2.27. The highest BCUT2D eigenvalue weighted by molar-refractivity contribution is 5.94. The van der Waals surface area contributed by atoms with Crippen LogP contribution in [0.4, 0.5) is 0 Å². The lowest BCUT2D eigenvalue weighted by atomic mass is 9.98. The molecule has 1 amide bonds. The van der Waals surface area contributed by atoms with E-state index in [2.05, 4.69) is 24.6 Å². The summed E-state index contributed by atoms with van der Waals surface area (Å²) in [5.41, 5.74) is 1.68. The number of piperidine rings is 1. The third kappa shape index (κ3) is 3.77. The molecule has 0 bridgehead atoms. The van der Waals surface area contributed by atoms with E-state index < -0.39 is 0 Å². The van der Waals surface area contributed by atoms with E-state index in [4.69, 9.17) is 0 Å². The molecular formula is C20H24N6O. The molecule has 7 heteroatoms. The summed E-state index contributed by atoms with van der Waals surface area (Å²) >= 11 is 0. The van der Waals surface area contributed by atoms with Gasteiger partial charge in [-0.15, -0.1) is 10.2 Å². The quantitative estimate of drug-likeness (QED) is 0.698. The highest BCUT2D eigenvalue weighted by atomic mass is 16.2. The number of carbonyl (C=O) groups is 1. The predicted molar refractivity (Wildman–Crippen MR) is 102 cm³/mol. The molecule has 1 aromatic carbocycles. The number of benzene rings is 1. The maximum absolute atomic E-state index is 13.1. The molecule has 4 rings (SSSR count). The monoisotopic (exact) mass is 364 g/mol. The molecule has 3 heterocycles. The van der Waals surface area contributed by atoms with Crippen molar-refractivity contribution in [3.8, 4) is 5.69 Å². The van der Waals surface area contributed by atoms with Crippen LogP contribution in [0.5, 0.6) is 0 Å². The molecule has 2 aromatic heterocycles. The summed E-state index contributed by atoms with van der Waals surface area (Å²) in [7, 11) is 0. The predicted octanol–water partition coefficient (Wildman–Crippen LogP) is 2.86. The Hall–Kier alpha value is -2.96. The van der Waals surface area contributed by atoms with Gasteiger partial charge in [0.15, 0.2) is 0 Å². The second-order valence-corrected chi connectivity index (χ2v) is 7.02. The average molecular weight is 364 g/mol. The third-order valence-corrected chi connectivity index (χ3v) is 5.35. The number of nitrogens with zero attached hydrogens (tertiary/aromatic N) is 6. The summed E-state index contributed by atoms with van der Waals surface area (Å²) in [6.45, 7) is 3.74. The van der Waals surface area contributed by atoms with Crippen LogP contribution in [0.3, 0.4) is 0 Å². The van der Waals surface area contributed by atoms with Crippen molar-refractivity contribution in [2.75, 3.05) is 6.54 Å². The number of imidazole rings is 1. The van der Waals surface area contributed by atoms with Crippen LogP contribution in [0.1, 0.15) is 41.9 Å². The first-order valence-corrected chi connectivity index (χ1v) is 9.46. The SMILES string of the molecule is Cc1nccn1CC[C@@H]1CCCCN1C(=O)c1ccc(-n2cnnc2)cc1. The maximum Gasteiger partial charge on any atom is 0.254 e. The van der Waals surface area contributed by atoms with E-state index in [-0.39, 0.29) is 11.9 Å². The smallest absolute Gasteiger partial charge is 0.254 e. The van der Waals surface area contributed by atoms with Gasteiger partial charge in [0.25, 0.3) is 5.91 Å². The number of aromatic nitrogens is 5. The van der Waals surface area contributed by atoms with Crippen LogP contribution in [0.25, 0.3) is 5.69 Å². The summed E-state index contributed by atoms with van der Waals surface area (Å²) in [4.78, 5) is 19.5. The van der Waals surface area contributed by atoms with Gasteiger partial charge in [0.2, 0.25) is 0 Å². The van der Waals surface area contributed by atoms with Gasteiger partial charge in [-0.25, -0.2) is 4.98 Å². The summed E-state index contributed by atoms with van der Waals surface area (Å²) in [6, 6.07) is 7.94. The third-order valence-electron chi connectivity index (χ3n) is 5.35.